The van der Waals surface area contributed by atoms with Gasteiger partial charge in [0.1, 0.15) is 0 Å². The summed E-state index contributed by atoms with van der Waals surface area (Å²) < 4.78 is 0. The molecule has 4 bridgehead atoms. The predicted molar refractivity (Wildman–Crippen MR) is 88.5 cm³/mol. The Kier molecular flexibility index (Phi) is 4.19. The Bertz CT molecular complexity index is 418. The fraction of sp³-hybridized carbons (Fsp3) is 0.947. The average Bonchev–Trinajstić information content (AvgIpc) is 3.01. The van der Waals surface area contributed by atoms with Crippen LogP contribution in [0.3, 0.4) is 0 Å². The summed E-state index contributed by atoms with van der Waals surface area (Å²) in [5.41, 5.74) is 0.168. The van der Waals surface area contributed by atoms with E-state index in [1.807, 2.05) is 0 Å². The van der Waals surface area contributed by atoms with Gasteiger partial charge in [0.15, 0.2) is 0 Å². The summed E-state index contributed by atoms with van der Waals surface area (Å²) in [5, 5.41) is 7.04. The lowest BCUT2D eigenvalue weighted by molar-refractivity contribution is -0.124. The third kappa shape index (κ3) is 2.81. The fourth-order valence-electron chi connectivity index (χ4n) is 6.15. The van der Waals surface area contributed by atoms with Crippen molar-refractivity contribution in [1.82, 2.24) is 10.6 Å². The van der Waals surface area contributed by atoms with Crippen molar-refractivity contribution in [2.45, 2.75) is 88.6 Å². The minimum absolute atomic E-state index is 0.168. The first kappa shape index (κ1) is 15.0. The van der Waals surface area contributed by atoms with Gasteiger partial charge in [-0.05, 0) is 62.7 Å². The third-order valence-electron chi connectivity index (χ3n) is 7.29. The smallest absolute Gasteiger partial charge is 0.234 e. The fourth-order valence-corrected chi connectivity index (χ4v) is 6.15. The Morgan fingerprint density at radius 2 is 1.82 bits per heavy atom. The highest BCUT2D eigenvalue weighted by atomic mass is 16.2. The van der Waals surface area contributed by atoms with Crippen molar-refractivity contribution >= 4 is 5.91 Å². The van der Waals surface area contributed by atoms with Gasteiger partial charge in [-0.25, -0.2) is 0 Å². The number of hydrogen-bond acceptors (Lipinski definition) is 2. The van der Waals surface area contributed by atoms with E-state index in [1.54, 1.807) is 0 Å². The summed E-state index contributed by atoms with van der Waals surface area (Å²) in [4.78, 5) is 12.6. The van der Waals surface area contributed by atoms with Crippen molar-refractivity contribution in [2.24, 2.45) is 17.8 Å². The number of carbonyl (C=O) groups excluding carboxylic acids is 1. The van der Waals surface area contributed by atoms with Crippen molar-refractivity contribution in [3.05, 3.63) is 0 Å². The molecule has 4 aliphatic rings. The molecule has 0 radical (unpaired) electrons. The van der Waals surface area contributed by atoms with Gasteiger partial charge in [-0.2, -0.15) is 0 Å². The van der Waals surface area contributed by atoms with Crippen molar-refractivity contribution in [3.63, 3.8) is 0 Å². The normalized spacial score (nSPS) is 41.4. The van der Waals surface area contributed by atoms with Gasteiger partial charge in [-0.3, -0.25) is 4.79 Å². The Morgan fingerprint density at radius 1 is 0.955 bits per heavy atom. The molecule has 0 aromatic carbocycles. The second kappa shape index (κ2) is 6.14. The minimum atomic E-state index is 0.168. The van der Waals surface area contributed by atoms with Crippen LogP contribution in [-0.2, 0) is 4.79 Å². The van der Waals surface area contributed by atoms with Crippen molar-refractivity contribution < 1.29 is 4.79 Å². The van der Waals surface area contributed by atoms with Gasteiger partial charge in [0, 0.05) is 11.6 Å². The lowest BCUT2D eigenvalue weighted by Crippen LogP contribution is -2.59. The molecule has 1 amide bonds. The standard InChI is InChI=1S/C19H32N2O/c22-18(13-20-17-6-2-1-3-7-17)21-19-10-4-5-15(12-19)14-8-9-16(19)11-14/h14-17,20H,1-13H2,(H,21,22). The largest absolute Gasteiger partial charge is 0.349 e. The first-order valence-corrected chi connectivity index (χ1v) is 9.80. The maximum absolute atomic E-state index is 12.6. The Morgan fingerprint density at radius 3 is 2.68 bits per heavy atom. The third-order valence-corrected chi connectivity index (χ3v) is 7.29. The highest BCUT2D eigenvalue weighted by molar-refractivity contribution is 5.79. The van der Waals surface area contributed by atoms with Crippen molar-refractivity contribution in [2.75, 3.05) is 6.54 Å². The van der Waals surface area contributed by atoms with Gasteiger partial charge in [0.25, 0.3) is 0 Å². The monoisotopic (exact) mass is 304 g/mol. The molecule has 0 aliphatic heterocycles. The number of fused-ring (bicyclic) bond motifs is 6. The zero-order chi connectivity index (χ0) is 15.0. The van der Waals surface area contributed by atoms with Crippen LogP contribution in [0.4, 0.5) is 0 Å². The second-order valence-corrected chi connectivity index (χ2v) is 8.55. The van der Waals surface area contributed by atoms with E-state index in [-0.39, 0.29) is 11.4 Å². The molecule has 4 atom stereocenters. The molecule has 0 saturated heterocycles. The molecule has 3 heteroatoms. The number of amides is 1. The summed E-state index contributed by atoms with van der Waals surface area (Å²) in [5.74, 6) is 2.92. The molecular formula is C19H32N2O. The van der Waals surface area contributed by atoms with Gasteiger partial charge in [0.2, 0.25) is 5.91 Å². The first-order valence-electron chi connectivity index (χ1n) is 9.80. The molecule has 0 heterocycles. The highest BCUT2D eigenvalue weighted by Crippen LogP contribution is 2.56. The summed E-state index contributed by atoms with van der Waals surface area (Å²) in [7, 11) is 0. The van der Waals surface area contributed by atoms with Crippen LogP contribution in [0.2, 0.25) is 0 Å². The topological polar surface area (TPSA) is 41.1 Å². The second-order valence-electron chi connectivity index (χ2n) is 8.55. The molecule has 4 unspecified atom stereocenters. The van der Waals surface area contributed by atoms with Crippen LogP contribution >= 0.6 is 0 Å². The summed E-state index contributed by atoms with van der Waals surface area (Å²) in [6.45, 7) is 0.535. The Labute approximate surface area is 135 Å². The number of rotatable bonds is 4. The highest BCUT2D eigenvalue weighted by Gasteiger charge is 2.53. The average molecular weight is 304 g/mol. The molecular weight excluding hydrogens is 272 g/mol. The lowest BCUT2D eigenvalue weighted by Gasteiger charge is -2.50. The van der Waals surface area contributed by atoms with Crippen LogP contribution in [0.15, 0.2) is 0 Å². The molecule has 124 valence electrons. The molecule has 4 saturated carbocycles. The van der Waals surface area contributed by atoms with E-state index in [1.165, 1.54) is 77.0 Å². The maximum Gasteiger partial charge on any atom is 0.234 e. The van der Waals surface area contributed by atoms with E-state index >= 15 is 0 Å². The maximum atomic E-state index is 12.6. The van der Waals surface area contributed by atoms with Gasteiger partial charge in [0.05, 0.1) is 6.54 Å². The van der Waals surface area contributed by atoms with E-state index in [4.69, 9.17) is 0 Å². The molecule has 0 aromatic heterocycles. The van der Waals surface area contributed by atoms with Crippen molar-refractivity contribution in [1.29, 1.82) is 0 Å². The molecule has 4 rings (SSSR count). The predicted octanol–water partition coefficient (Wildman–Crippen LogP) is 3.38. The zero-order valence-electron chi connectivity index (χ0n) is 13.9. The van der Waals surface area contributed by atoms with Gasteiger partial charge >= 0.3 is 0 Å². The Balaban J connectivity index is 1.34. The molecule has 3 nitrogen and oxygen atoms in total. The van der Waals surface area contributed by atoms with Gasteiger partial charge in [-0.15, -0.1) is 0 Å². The number of nitrogens with one attached hydrogen (secondary N) is 2. The summed E-state index contributed by atoms with van der Waals surface area (Å²) in [6, 6.07) is 0.582. The molecule has 4 aliphatic carbocycles. The van der Waals surface area contributed by atoms with Crippen LogP contribution < -0.4 is 10.6 Å². The molecule has 2 N–H and O–H groups in total. The van der Waals surface area contributed by atoms with Crippen LogP contribution in [-0.4, -0.2) is 24.0 Å². The number of carbonyl (C=O) groups is 1. The lowest BCUT2D eigenvalue weighted by atomic mass is 9.61. The summed E-state index contributed by atoms with van der Waals surface area (Å²) >= 11 is 0. The van der Waals surface area contributed by atoms with E-state index in [0.29, 0.717) is 12.6 Å². The summed E-state index contributed by atoms with van der Waals surface area (Å²) in [6.07, 6.45) is 16.0. The van der Waals surface area contributed by atoms with Crippen LogP contribution in [0.5, 0.6) is 0 Å². The van der Waals surface area contributed by atoms with E-state index in [0.717, 1.165) is 17.8 Å². The van der Waals surface area contributed by atoms with E-state index in [9.17, 15) is 4.79 Å². The molecule has 4 fully saturated rings. The zero-order valence-corrected chi connectivity index (χ0v) is 13.9. The van der Waals surface area contributed by atoms with Gasteiger partial charge in [-0.1, -0.05) is 32.1 Å². The SMILES string of the molecule is O=C(CNC1CCCCC1)NC12CCCC(C1)C1CCC2C1. The van der Waals surface area contributed by atoms with E-state index < -0.39 is 0 Å². The first-order chi connectivity index (χ1) is 10.8. The molecule has 0 aromatic rings. The van der Waals surface area contributed by atoms with Crippen LogP contribution in [0.1, 0.15) is 77.0 Å². The molecule has 0 spiro atoms. The quantitative estimate of drug-likeness (QED) is 0.836. The van der Waals surface area contributed by atoms with Crippen LogP contribution in [0.25, 0.3) is 0 Å². The van der Waals surface area contributed by atoms with Crippen molar-refractivity contribution in [3.8, 4) is 0 Å². The van der Waals surface area contributed by atoms with Gasteiger partial charge < -0.3 is 10.6 Å². The Hall–Kier alpha value is -0.570. The van der Waals surface area contributed by atoms with E-state index in [2.05, 4.69) is 10.6 Å². The minimum Gasteiger partial charge on any atom is -0.349 e. The van der Waals surface area contributed by atoms with Crippen LogP contribution in [0, 0.1) is 17.8 Å². The number of hydrogen-bond donors (Lipinski definition) is 2. The molecule has 22 heavy (non-hydrogen) atoms.